The molecule has 0 radical (unpaired) electrons. The summed E-state index contributed by atoms with van der Waals surface area (Å²) in [4.78, 5) is 10.7. The zero-order chi connectivity index (χ0) is 13.9. The number of aryl methyl sites for hydroxylation is 2. The Hall–Kier alpha value is -1.63. The highest BCUT2D eigenvalue weighted by atomic mass is 16.6. The van der Waals surface area contributed by atoms with E-state index in [1.54, 1.807) is 11.6 Å². The van der Waals surface area contributed by atoms with Crippen LogP contribution in [0.5, 0.6) is 0 Å². The van der Waals surface area contributed by atoms with Crippen LogP contribution in [0.25, 0.3) is 0 Å². The number of nitrogens with zero attached hydrogens (tertiary/aromatic N) is 3. The first-order valence-electron chi connectivity index (χ1n) is 6.02. The first kappa shape index (κ1) is 14.4. The van der Waals surface area contributed by atoms with E-state index >= 15 is 0 Å². The van der Waals surface area contributed by atoms with Gasteiger partial charge in [-0.15, -0.1) is 0 Å². The Balaban J connectivity index is 3.23. The molecule has 0 aromatic carbocycles. The molecule has 102 valence electrons. The summed E-state index contributed by atoms with van der Waals surface area (Å²) in [6, 6.07) is 0. The van der Waals surface area contributed by atoms with Gasteiger partial charge in [0.25, 0.3) is 0 Å². The molecule has 0 aliphatic rings. The van der Waals surface area contributed by atoms with Crippen LogP contribution in [0.4, 0.5) is 11.5 Å². The Morgan fingerprint density at radius 1 is 1.56 bits per heavy atom. The quantitative estimate of drug-likeness (QED) is 0.595. The van der Waals surface area contributed by atoms with Crippen LogP contribution in [0, 0.1) is 17.0 Å². The second kappa shape index (κ2) is 5.34. The number of hydrogen-bond acceptors (Lipinski definition) is 5. The normalized spacial score (nSPS) is 11.6. The second-order valence-corrected chi connectivity index (χ2v) is 4.98. The fraction of sp³-hybridized carbons (Fsp3) is 0.727. The molecule has 1 aromatic rings. The number of aromatic nitrogens is 2. The summed E-state index contributed by atoms with van der Waals surface area (Å²) in [5.74, 6) is 0.440. The average molecular weight is 255 g/mol. The third kappa shape index (κ3) is 2.98. The van der Waals surface area contributed by atoms with Gasteiger partial charge in [0.1, 0.15) is 5.69 Å². The van der Waals surface area contributed by atoms with Crippen molar-refractivity contribution in [3.8, 4) is 0 Å². The number of nitrogens with two attached hydrogens (primary N) is 1. The van der Waals surface area contributed by atoms with Crippen molar-refractivity contribution in [2.45, 2.75) is 46.2 Å². The van der Waals surface area contributed by atoms with Gasteiger partial charge < -0.3 is 11.1 Å². The largest absolute Gasteiger partial charge is 0.358 e. The van der Waals surface area contributed by atoms with Gasteiger partial charge in [0.05, 0.1) is 4.92 Å². The molecule has 0 bridgehead atoms. The SMILES string of the molecule is CCCn1nc(C)c([N+](=O)[O-])c1NC(C)(C)CN. The Labute approximate surface area is 107 Å². The molecule has 1 rings (SSSR count). The summed E-state index contributed by atoms with van der Waals surface area (Å²) in [5.41, 5.74) is 5.69. The van der Waals surface area contributed by atoms with E-state index in [9.17, 15) is 10.1 Å². The highest BCUT2D eigenvalue weighted by Crippen LogP contribution is 2.30. The van der Waals surface area contributed by atoms with E-state index in [0.717, 1.165) is 6.42 Å². The van der Waals surface area contributed by atoms with Crippen molar-refractivity contribution in [1.82, 2.24) is 9.78 Å². The summed E-state index contributed by atoms with van der Waals surface area (Å²) >= 11 is 0. The number of rotatable bonds is 6. The number of nitro groups is 1. The molecule has 0 saturated carbocycles. The van der Waals surface area contributed by atoms with Crippen molar-refractivity contribution in [2.24, 2.45) is 5.73 Å². The number of anilines is 1. The molecule has 18 heavy (non-hydrogen) atoms. The Bertz CT molecular complexity index is 439. The minimum absolute atomic E-state index is 0.0324. The van der Waals surface area contributed by atoms with E-state index in [4.69, 9.17) is 5.73 Å². The van der Waals surface area contributed by atoms with Crippen molar-refractivity contribution < 1.29 is 4.92 Å². The lowest BCUT2D eigenvalue weighted by Crippen LogP contribution is -2.40. The second-order valence-electron chi connectivity index (χ2n) is 4.98. The zero-order valence-electron chi connectivity index (χ0n) is 11.4. The van der Waals surface area contributed by atoms with Gasteiger partial charge in [0, 0.05) is 18.6 Å². The molecule has 7 nitrogen and oxygen atoms in total. The lowest BCUT2D eigenvalue weighted by molar-refractivity contribution is -0.384. The molecular weight excluding hydrogens is 234 g/mol. The molecule has 0 unspecified atom stereocenters. The first-order chi connectivity index (χ1) is 8.32. The van der Waals surface area contributed by atoms with Crippen LogP contribution < -0.4 is 11.1 Å². The van der Waals surface area contributed by atoms with Crippen LogP contribution >= 0.6 is 0 Å². The minimum Gasteiger partial charge on any atom is -0.358 e. The minimum atomic E-state index is -0.414. The van der Waals surface area contributed by atoms with E-state index < -0.39 is 10.5 Å². The van der Waals surface area contributed by atoms with Crippen molar-refractivity contribution in [3.63, 3.8) is 0 Å². The van der Waals surface area contributed by atoms with E-state index in [-0.39, 0.29) is 5.69 Å². The predicted octanol–water partition coefficient (Wildman–Crippen LogP) is 1.66. The summed E-state index contributed by atoms with van der Waals surface area (Å²) in [6.45, 7) is 8.45. The molecule has 0 saturated heterocycles. The zero-order valence-corrected chi connectivity index (χ0v) is 11.4. The predicted molar refractivity (Wildman–Crippen MR) is 70.7 cm³/mol. The van der Waals surface area contributed by atoms with Gasteiger partial charge in [0.15, 0.2) is 0 Å². The molecular formula is C11H21N5O2. The average Bonchev–Trinajstić information content (AvgIpc) is 2.55. The van der Waals surface area contributed by atoms with Crippen LogP contribution in [0.1, 0.15) is 32.9 Å². The van der Waals surface area contributed by atoms with Gasteiger partial charge in [-0.2, -0.15) is 5.10 Å². The Morgan fingerprint density at radius 2 is 2.17 bits per heavy atom. The molecule has 0 spiro atoms. The van der Waals surface area contributed by atoms with Gasteiger partial charge >= 0.3 is 5.69 Å². The van der Waals surface area contributed by atoms with E-state index in [1.807, 2.05) is 20.8 Å². The van der Waals surface area contributed by atoms with Gasteiger partial charge in [-0.1, -0.05) is 6.92 Å². The molecule has 0 fully saturated rings. The summed E-state index contributed by atoms with van der Waals surface area (Å²) in [6.07, 6.45) is 0.857. The number of hydrogen-bond donors (Lipinski definition) is 2. The topological polar surface area (TPSA) is 99.0 Å². The van der Waals surface area contributed by atoms with Crippen molar-refractivity contribution in [2.75, 3.05) is 11.9 Å². The fourth-order valence-electron chi connectivity index (χ4n) is 1.66. The summed E-state index contributed by atoms with van der Waals surface area (Å²) < 4.78 is 1.64. The molecule has 3 N–H and O–H groups in total. The van der Waals surface area contributed by atoms with E-state index in [0.29, 0.717) is 24.6 Å². The lowest BCUT2D eigenvalue weighted by atomic mass is 10.1. The maximum absolute atomic E-state index is 11.1. The maximum Gasteiger partial charge on any atom is 0.333 e. The van der Waals surface area contributed by atoms with E-state index in [1.165, 1.54) is 0 Å². The summed E-state index contributed by atoms with van der Waals surface area (Å²) in [7, 11) is 0. The Kier molecular flexibility index (Phi) is 4.28. The van der Waals surface area contributed by atoms with Crippen molar-refractivity contribution in [3.05, 3.63) is 15.8 Å². The summed E-state index contributed by atoms with van der Waals surface area (Å²) in [5, 5.41) is 18.5. The third-order valence-electron chi connectivity index (χ3n) is 2.68. The molecule has 1 aromatic heterocycles. The highest BCUT2D eigenvalue weighted by molar-refractivity contribution is 5.60. The lowest BCUT2D eigenvalue weighted by Gasteiger charge is -2.25. The maximum atomic E-state index is 11.1. The van der Waals surface area contributed by atoms with Crippen molar-refractivity contribution in [1.29, 1.82) is 0 Å². The van der Waals surface area contributed by atoms with Crippen LogP contribution in [-0.4, -0.2) is 26.8 Å². The van der Waals surface area contributed by atoms with Crippen LogP contribution in [-0.2, 0) is 6.54 Å². The molecule has 7 heteroatoms. The first-order valence-corrected chi connectivity index (χ1v) is 6.02. The molecule has 1 heterocycles. The standard InChI is InChI=1S/C11H21N5O2/c1-5-6-15-10(13-11(3,4)7-12)9(16(17)18)8(2)14-15/h13H,5-7,12H2,1-4H3. The smallest absolute Gasteiger partial charge is 0.333 e. The van der Waals surface area contributed by atoms with Crippen molar-refractivity contribution >= 4 is 11.5 Å². The van der Waals surface area contributed by atoms with Gasteiger partial charge in [-0.3, -0.25) is 10.1 Å². The van der Waals surface area contributed by atoms with Gasteiger partial charge in [-0.25, -0.2) is 4.68 Å². The highest BCUT2D eigenvalue weighted by Gasteiger charge is 2.28. The van der Waals surface area contributed by atoms with E-state index in [2.05, 4.69) is 10.4 Å². The van der Waals surface area contributed by atoms with Crippen LogP contribution in [0.15, 0.2) is 0 Å². The van der Waals surface area contributed by atoms with Crippen LogP contribution in [0.2, 0.25) is 0 Å². The fourth-order valence-corrected chi connectivity index (χ4v) is 1.66. The van der Waals surface area contributed by atoms with Crippen LogP contribution in [0.3, 0.4) is 0 Å². The monoisotopic (exact) mass is 255 g/mol. The van der Waals surface area contributed by atoms with Gasteiger partial charge in [0.2, 0.25) is 5.82 Å². The molecule has 0 aliphatic heterocycles. The van der Waals surface area contributed by atoms with Gasteiger partial charge in [-0.05, 0) is 27.2 Å². The molecule has 0 aliphatic carbocycles. The number of nitrogens with one attached hydrogen (secondary N) is 1. The third-order valence-corrected chi connectivity index (χ3v) is 2.68. The Morgan fingerprint density at radius 3 is 2.61 bits per heavy atom. The molecule has 0 atom stereocenters. The molecule has 0 amide bonds.